The number of fused-ring (bicyclic) bond motifs is 3. The number of allylic oxidation sites excluding steroid dienone is 2. The number of halogens is 1. The highest BCUT2D eigenvalue weighted by atomic mass is 35.5. The van der Waals surface area contributed by atoms with Crippen LogP contribution in [0.15, 0.2) is 48.6 Å². The maximum Gasteiger partial charge on any atom is 0.288 e. The van der Waals surface area contributed by atoms with Gasteiger partial charge in [0.1, 0.15) is 5.02 Å². The van der Waals surface area contributed by atoms with Crippen LogP contribution in [-0.2, 0) is 0 Å². The number of nitro benzene ring substituents is 1. The van der Waals surface area contributed by atoms with E-state index in [9.17, 15) is 14.9 Å². The van der Waals surface area contributed by atoms with Crippen molar-refractivity contribution in [3.05, 3.63) is 80.4 Å². The third-order valence-corrected chi connectivity index (χ3v) is 5.49. The fourth-order valence-electron chi connectivity index (χ4n) is 3.94. The molecule has 0 fully saturated rings. The van der Waals surface area contributed by atoms with Crippen molar-refractivity contribution in [3.8, 4) is 0 Å². The quantitative estimate of drug-likeness (QED) is 0.481. The van der Waals surface area contributed by atoms with E-state index in [-0.39, 0.29) is 28.6 Å². The first-order valence-corrected chi connectivity index (χ1v) is 8.64. The zero-order valence-corrected chi connectivity index (χ0v) is 14.4. The SMILES string of the molecule is NC(=O)c1ccc2c(c1)C1C=CCC1C(c1ccc(Cl)c([N+](=O)[O-])c1)N2. The van der Waals surface area contributed by atoms with Crippen LogP contribution < -0.4 is 11.1 Å². The van der Waals surface area contributed by atoms with Crippen LogP contribution in [0.5, 0.6) is 0 Å². The smallest absolute Gasteiger partial charge is 0.288 e. The van der Waals surface area contributed by atoms with Crippen molar-refractivity contribution in [1.29, 1.82) is 0 Å². The number of anilines is 1. The van der Waals surface area contributed by atoms with E-state index in [0.717, 1.165) is 23.2 Å². The van der Waals surface area contributed by atoms with Crippen LogP contribution in [0.3, 0.4) is 0 Å². The minimum absolute atomic E-state index is 0.0853. The zero-order valence-electron chi connectivity index (χ0n) is 13.7. The number of nitrogens with one attached hydrogen (secondary N) is 1. The summed E-state index contributed by atoms with van der Waals surface area (Å²) >= 11 is 5.95. The number of amides is 1. The van der Waals surface area contributed by atoms with Crippen LogP contribution in [0.2, 0.25) is 5.02 Å². The molecule has 7 heteroatoms. The number of carbonyl (C=O) groups excluding carboxylic acids is 1. The van der Waals surface area contributed by atoms with E-state index in [0.29, 0.717) is 5.56 Å². The second-order valence-electron chi connectivity index (χ2n) is 6.61. The molecule has 3 N–H and O–H groups in total. The Labute approximate surface area is 154 Å². The van der Waals surface area contributed by atoms with Gasteiger partial charge in [0.25, 0.3) is 5.69 Å². The number of hydrogen-bond donors (Lipinski definition) is 2. The highest BCUT2D eigenvalue weighted by Crippen LogP contribution is 2.50. The molecule has 1 aliphatic carbocycles. The summed E-state index contributed by atoms with van der Waals surface area (Å²) in [4.78, 5) is 22.3. The summed E-state index contributed by atoms with van der Waals surface area (Å²) in [6, 6.07) is 10.2. The van der Waals surface area contributed by atoms with E-state index in [1.807, 2.05) is 18.2 Å². The van der Waals surface area contributed by atoms with Crippen molar-refractivity contribution in [2.45, 2.75) is 18.4 Å². The van der Waals surface area contributed by atoms with Gasteiger partial charge in [-0.3, -0.25) is 14.9 Å². The molecule has 4 rings (SSSR count). The Morgan fingerprint density at radius 3 is 2.81 bits per heavy atom. The van der Waals surface area contributed by atoms with Gasteiger partial charge in [0, 0.05) is 23.2 Å². The van der Waals surface area contributed by atoms with Gasteiger partial charge in [0.05, 0.1) is 11.0 Å². The number of primary amides is 1. The Morgan fingerprint density at radius 1 is 1.27 bits per heavy atom. The van der Waals surface area contributed by atoms with Gasteiger partial charge in [-0.2, -0.15) is 0 Å². The van der Waals surface area contributed by atoms with Gasteiger partial charge in [-0.25, -0.2) is 0 Å². The predicted octanol–water partition coefficient (Wildman–Crippen LogP) is 4.17. The summed E-state index contributed by atoms with van der Waals surface area (Å²) in [5.74, 6) is -0.126. The Morgan fingerprint density at radius 2 is 2.08 bits per heavy atom. The second-order valence-corrected chi connectivity index (χ2v) is 7.02. The molecule has 2 aromatic rings. The maximum absolute atomic E-state index is 11.5. The summed E-state index contributed by atoms with van der Waals surface area (Å²) in [6.07, 6.45) is 5.09. The first-order chi connectivity index (χ1) is 12.5. The lowest BCUT2D eigenvalue weighted by Crippen LogP contribution is -2.29. The number of carbonyl (C=O) groups is 1. The minimum atomic E-state index is -0.466. The Hall–Kier alpha value is -2.86. The minimum Gasteiger partial charge on any atom is -0.378 e. The monoisotopic (exact) mass is 369 g/mol. The number of nitrogens with two attached hydrogens (primary N) is 1. The maximum atomic E-state index is 11.5. The molecule has 1 aliphatic heterocycles. The van der Waals surface area contributed by atoms with Crippen LogP contribution in [0.4, 0.5) is 11.4 Å². The third-order valence-electron chi connectivity index (χ3n) is 5.17. The number of benzene rings is 2. The van der Waals surface area contributed by atoms with Crippen LogP contribution in [0.25, 0.3) is 0 Å². The highest BCUT2D eigenvalue weighted by molar-refractivity contribution is 6.32. The average Bonchev–Trinajstić information content (AvgIpc) is 3.11. The van der Waals surface area contributed by atoms with Gasteiger partial charge in [0.15, 0.2) is 0 Å². The molecule has 2 aromatic carbocycles. The van der Waals surface area contributed by atoms with Gasteiger partial charge in [-0.1, -0.05) is 29.8 Å². The molecule has 2 aliphatic rings. The normalized spacial score (nSPS) is 23.0. The van der Waals surface area contributed by atoms with Gasteiger partial charge in [-0.05, 0) is 47.7 Å². The van der Waals surface area contributed by atoms with E-state index in [1.54, 1.807) is 12.1 Å². The van der Waals surface area contributed by atoms with Crippen LogP contribution >= 0.6 is 11.6 Å². The van der Waals surface area contributed by atoms with E-state index in [1.165, 1.54) is 6.07 Å². The lowest BCUT2D eigenvalue weighted by molar-refractivity contribution is -0.384. The first-order valence-electron chi connectivity index (χ1n) is 8.26. The zero-order chi connectivity index (χ0) is 18.4. The Kier molecular flexibility index (Phi) is 3.92. The van der Waals surface area contributed by atoms with Gasteiger partial charge in [-0.15, -0.1) is 0 Å². The van der Waals surface area contributed by atoms with Gasteiger partial charge in [0.2, 0.25) is 5.91 Å². The highest BCUT2D eigenvalue weighted by Gasteiger charge is 2.38. The molecule has 0 saturated heterocycles. The fourth-order valence-corrected chi connectivity index (χ4v) is 4.13. The van der Waals surface area contributed by atoms with Crippen molar-refractivity contribution in [2.75, 3.05) is 5.32 Å². The van der Waals surface area contributed by atoms with Gasteiger partial charge >= 0.3 is 0 Å². The molecule has 0 radical (unpaired) electrons. The molecule has 132 valence electrons. The summed E-state index contributed by atoms with van der Waals surface area (Å²) in [5, 5.41) is 14.8. The summed E-state index contributed by atoms with van der Waals surface area (Å²) < 4.78 is 0. The lowest BCUT2D eigenvalue weighted by Gasteiger charge is -2.37. The van der Waals surface area contributed by atoms with Crippen molar-refractivity contribution in [3.63, 3.8) is 0 Å². The van der Waals surface area contributed by atoms with Crippen LogP contribution in [0, 0.1) is 16.0 Å². The topological polar surface area (TPSA) is 98.3 Å². The van der Waals surface area contributed by atoms with Crippen LogP contribution in [0.1, 0.15) is 39.9 Å². The van der Waals surface area contributed by atoms with Crippen molar-refractivity contribution in [1.82, 2.24) is 0 Å². The third kappa shape index (κ3) is 2.63. The summed E-state index contributed by atoms with van der Waals surface area (Å²) in [5.41, 5.74) is 8.55. The molecule has 3 unspecified atom stereocenters. The summed E-state index contributed by atoms with van der Waals surface area (Å²) in [7, 11) is 0. The number of nitrogens with zero attached hydrogens (tertiary/aromatic N) is 1. The van der Waals surface area contributed by atoms with E-state index >= 15 is 0 Å². The van der Waals surface area contributed by atoms with Crippen molar-refractivity contribution < 1.29 is 9.72 Å². The van der Waals surface area contributed by atoms with Crippen LogP contribution in [-0.4, -0.2) is 10.8 Å². The molecule has 26 heavy (non-hydrogen) atoms. The molecule has 1 amide bonds. The van der Waals surface area contributed by atoms with Crippen molar-refractivity contribution in [2.24, 2.45) is 11.7 Å². The number of rotatable bonds is 3. The summed E-state index contributed by atoms with van der Waals surface area (Å²) in [6.45, 7) is 0. The molecular formula is C19H16ClN3O3. The number of nitro groups is 1. The molecule has 0 saturated carbocycles. The fraction of sp³-hybridized carbons (Fsp3) is 0.211. The molecule has 1 heterocycles. The number of hydrogen-bond acceptors (Lipinski definition) is 4. The standard InChI is InChI=1S/C19H16ClN3O3/c20-15-6-4-10(9-17(15)23(25)26)18-13-3-1-2-12(13)14-8-11(19(21)24)5-7-16(14)22-18/h1-2,4-9,12-13,18,22H,3H2,(H2,21,24). The van der Waals surface area contributed by atoms with Crippen molar-refractivity contribution >= 4 is 28.9 Å². The molecule has 6 nitrogen and oxygen atoms in total. The van der Waals surface area contributed by atoms with E-state index in [2.05, 4.69) is 17.5 Å². The molecular weight excluding hydrogens is 354 g/mol. The Balaban J connectivity index is 1.78. The lowest BCUT2D eigenvalue weighted by atomic mass is 9.76. The molecule has 0 spiro atoms. The molecule has 0 bridgehead atoms. The molecule has 0 aromatic heterocycles. The van der Waals surface area contributed by atoms with E-state index < -0.39 is 10.8 Å². The predicted molar refractivity (Wildman–Crippen MR) is 99.4 cm³/mol. The second kappa shape index (κ2) is 6.14. The average molecular weight is 370 g/mol. The Bertz CT molecular complexity index is 957. The van der Waals surface area contributed by atoms with E-state index in [4.69, 9.17) is 17.3 Å². The first kappa shape index (κ1) is 16.6. The van der Waals surface area contributed by atoms with Gasteiger partial charge < -0.3 is 11.1 Å². The molecule has 3 atom stereocenters. The largest absolute Gasteiger partial charge is 0.378 e.